The van der Waals surface area contributed by atoms with Crippen LogP contribution in [0.2, 0.25) is 0 Å². The summed E-state index contributed by atoms with van der Waals surface area (Å²) in [5, 5.41) is 2.62. The van der Waals surface area contributed by atoms with Gasteiger partial charge in [0.25, 0.3) is 5.91 Å². The van der Waals surface area contributed by atoms with Crippen LogP contribution in [0, 0.1) is 0 Å². The van der Waals surface area contributed by atoms with Gasteiger partial charge in [0, 0.05) is 31.6 Å². The Labute approximate surface area is 124 Å². The smallest absolute Gasteiger partial charge is 0.251 e. The monoisotopic (exact) mass is 296 g/mol. The van der Waals surface area contributed by atoms with Gasteiger partial charge in [-0.1, -0.05) is 6.92 Å². The Bertz CT molecular complexity index is 448. The second-order valence-electron chi connectivity index (χ2n) is 4.27. The van der Waals surface area contributed by atoms with E-state index in [-0.39, 0.29) is 18.4 Å². The van der Waals surface area contributed by atoms with E-state index < -0.39 is 0 Å². The highest BCUT2D eigenvalue weighted by Gasteiger charge is 2.12. The summed E-state index contributed by atoms with van der Waals surface area (Å²) in [6.07, 6.45) is 0.902. The molecule has 110 valence electrons. The van der Waals surface area contributed by atoms with Crippen molar-refractivity contribution in [3.8, 4) is 5.75 Å². The third-order valence-electron chi connectivity index (χ3n) is 2.85. The number of likely N-dealkylation sites (N-methyl/N-ethyl adjacent to an activating group) is 1. The number of hydrogen-bond acceptors (Lipinski definition) is 4. The quantitative estimate of drug-likeness (QED) is 0.597. The van der Waals surface area contributed by atoms with Crippen molar-refractivity contribution in [1.82, 2.24) is 10.2 Å². The molecule has 1 aromatic carbocycles. The van der Waals surface area contributed by atoms with Crippen LogP contribution >= 0.6 is 12.9 Å². The van der Waals surface area contributed by atoms with Gasteiger partial charge in [0.2, 0.25) is 5.91 Å². The zero-order valence-electron chi connectivity index (χ0n) is 11.8. The number of amides is 2. The van der Waals surface area contributed by atoms with Gasteiger partial charge < -0.3 is 14.4 Å². The summed E-state index contributed by atoms with van der Waals surface area (Å²) in [5.41, 5.74) is 0.477. The molecule has 1 aromatic rings. The number of rotatable bonds is 7. The molecule has 0 spiro atoms. The van der Waals surface area contributed by atoms with E-state index in [1.54, 1.807) is 29.2 Å². The lowest BCUT2D eigenvalue weighted by molar-refractivity contribution is -0.129. The molecule has 0 aliphatic heterocycles. The minimum atomic E-state index is -0.281. The molecular weight excluding hydrogens is 276 g/mol. The van der Waals surface area contributed by atoms with Crippen LogP contribution in [0.25, 0.3) is 0 Å². The van der Waals surface area contributed by atoms with Gasteiger partial charge in [0.1, 0.15) is 5.75 Å². The van der Waals surface area contributed by atoms with Gasteiger partial charge in [-0.15, -0.1) is 0 Å². The Morgan fingerprint density at radius 2 is 1.90 bits per heavy atom. The largest absolute Gasteiger partial charge is 0.429 e. The molecule has 0 heterocycles. The zero-order valence-corrected chi connectivity index (χ0v) is 12.7. The fourth-order valence-electron chi connectivity index (χ4n) is 1.77. The SMILES string of the molecule is CCCN(CC)C(=O)CNC(=O)c1ccc(OS)cc1. The molecule has 0 aromatic heterocycles. The van der Waals surface area contributed by atoms with E-state index in [1.165, 1.54) is 0 Å². The topological polar surface area (TPSA) is 58.6 Å². The van der Waals surface area contributed by atoms with Crippen LogP contribution in [0.4, 0.5) is 0 Å². The standard InChI is InChI=1S/C14H20N2O3S/c1-3-9-16(4-2)13(17)10-15-14(18)11-5-7-12(19-20)8-6-11/h5-8,20H,3-4,9-10H2,1-2H3,(H,15,18). The maximum absolute atomic E-state index is 11.9. The van der Waals surface area contributed by atoms with E-state index in [2.05, 4.69) is 18.2 Å². The van der Waals surface area contributed by atoms with Crippen LogP contribution in [0.3, 0.4) is 0 Å². The summed E-state index contributed by atoms with van der Waals surface area (Å²) in [6, 6.07) is 6.52. The minimum absolute atomic E-state index is 0.0114. The molecule has 0 bridgehead atoms. The van der Waals surface area contributed by atoms with Crippen LogP contribution in [0.15, 0.2) is 24.3 Å². The Kier molecular flexibility index (Phi) is 6.93. The fraction of sp³-hybridized carbons (Fsp3) is 0.429. The third-order valence-corrected chi connectivity index (χ3v) is 3.06. The van der Waals surface area contributed by atoms with Gasteiger partial charge in [0.05, 0.1) is 6.54 Å². The molecule has 5 nitrogen and oxygen atoms in total. The molecule has 0 aliphatic carbocycles. The van der Waals surface area contributed by atoms with Gasteiger partial charge in [-0.2, -0.15) is 0 Å². The van der Waals surface area contributed by atoms with Crippen LogP contribution in [-0.4, -0.2) is 36.3 Å². The highest BCUT2D eigenvalue weighted by atomic mass is 32.1. The molecule has 1 rings (SSSR count). The summed E-state index contributed by atoms with van der Waals surface area (Å²) in [7, 11) is 0. The summed E-state index contributed by atoms with van der Waals surface area (Å²) in [5.74, 6) is 0.204. The summed E-state index contributed by atoms with van der Waals surface area (Å²) < 4.78 is 4.72. The Morgan fingerprint density at radius 3 is 2.40 bits per heavy atom. The number of thiol groups is 1. The zero-order chi connectivity index (χ0) is 15.0. The first-order chi connectivity index (χ1) is 9.62. The molecule has 0 saturated carbocycles. The highest BCUT2D eigenvalue weighted by Crippen LogP contribution is 2.12. The third kappa shape index (κ3) is 4.77. The van der Waals surface area contributed by atoms with Crippen LogP contribution < -0.4 is 9.50 Å². The predicted molar refractivity (Wildman–Crippen MR) is 80.9 cm³/mol. The molecular formula is C14H20N2O3S. The highest BCUT2D eigenvalue weighted by molar-refractivity contribution is 7.75. The van der Waals surface area contributed by atoms with Crippen molar-refractivity contribution in [3.05, 3.63) is 29.8 Å². The Hall–Kier alpha value is -1.69. The molecule has 20 heavy (non-hydrogen) atoms. The van der Waals surface area contributed by atoms with E-state index in [1.807, 2.05) is 13.8 Å². The van der Waals surface area contributed by atoms with E-state index >= 15 is 0 Å². The van der Waals surface area contributed by atoms with Crippen LogP contribution in [0.1, 0.15) is 30.6 Å². The van der Waals surface area contributed by atoms with Crippen LogP contribution in [-0.2, 0) is 4.79 Å². The molecule has 0 saturated heterocycles. The first kappa shape index (κ1) is 16.4. The van der Waals surface area contributed by atoms with Crippen molar-refractivity contribution >= 4 is 24.7 Å². The number of carbonyl (C=O) groups is 2. The van der Waals surface area contributed by atoms with E-state index in [0.717, 1.165) is 6.42 Å². The minimum Gasteiger partial charge on any atom is -0.429 e. The van der Waals surface area contributed by atoms with Gasteiger partial charge in [-0.25, -0.2) is 0 Å². The maximum Gasteiger partial charge on any atom is 0.251 e. The lowest BCUT2D eigenvalue weighted by Crippen LogP contribution is -2.40. The Balaban J connectivity index is 2.51. The molecule has 0 unspecified atom stereocenters. The number of hydrogen-bond donors (Lipinski definition) is 2. The number of nitrogens with one attached hydrogen (secondary N) is 1. The van der Waals surface area contributed by atoms with Crippen molar-refractivity contribution in [3.63, 3.8) is 0 Å². The average Bonchev–Trinajstić information content (AvgIpc) is 2.49. The lowest BCUT2D eigenvalue weighted by atomic mass is 10.2. The fourth-order valence-corrected chi connectivity index (χ4v) is 1.89. The van der Waals surface area contributed by atoms with Crippen molar-refractivity contribution in [2.24, 2.45) is 0 Å². The Morgan fingerprint density at radius 1 is 1.25 bits per heavy atom. The first-order valence-electron chi connectivity index (χ1n) is 6.59. The predicted octanol–water partition coefficient (Wildman–Crippen LogP) is 1.90. The number of benzene rings is 1. The molecule has 0 atom stereocenters. The normalized spacial score (nSPS) is 9.95. The van der Waals surface area contributed by atoms with E-state index in [0.29, 0.717) is 24.4 Å². The summed E-state index contributed by atoms with van der Waals surface area (Å²) in [4.78, 5) is 25.5. The van der Waals surface area contributed by atoms with Crippen molar-refractivity contribution in [1.29, 1.82) is 0 Å². The van der Waals surface area contributed by atoms with Crippen LogP contribution in [0.5, 0.6) is 5.75 Å². The van der Waals surface area contributed by atoms with E-state index in [9.17, 15) is 9.59 Å². The molecule has 0 aliphatic rings. The molecule has 6 heteroatoms. The number of nitrogens with zero attached hydrogens (tertiary/aromatic N) is 1. The van der Waals surface area contributed by atoms with Crippen molar-refractivity contribution in [2.45, 2.75) is 20.3 Å². The van der Waals surface area contributed by atoms with Crippen molar-refractivity contribution in [2.75, 3.05) is 19.6 Å². The van der Waals surface area contributed by atoms with Gasteiger partial charge in [0.15, 0.2) is 0 Å². The number of carbonyl (C=O) groups excluding carboxylic acids is 2. The van der Waals surface area contributed by atoms with Gasteiger partial charge >= 0.3 is 0 Å². The van der Waals surface area contributed by atoms with E-state index in [4.69, 9.17) is 4.18 Å². The first-order valence-corrected chi connectivity index (χ1v) is 6.96. The second-order valence-corrected chi connectivity index (χ2v) is 4.45. The molecule has 0 fully saturated rings. The summed E-state index contributed by atoms with van der Waals surface area (Å²) >= 11 is 3.67. The average molecular weight is 296 g/mol. The lowest BCUT2D eigenvalue weighted by Gasteiger charge is -2.20. The second kappa shape index (κ2) is 8.47. The molecule has 2 amide bonds. The van der Waals surface area contributed by atoms with Crippen molar-refractivity contribution < 1.29 is 13.8 Å². The maximum atomic E-state index is 11.9. The molecule has 0 radical (unpaired) electrons. The van der Waals surface area contributed by atoms with Gasteiger partial charge in [-0.05, 0) is 37.6 Å². The summed E-state index contributed by atoms with van der Waals surface area (Å²) in [6.45, 7) is 5.30. The van der Waals surface area contributed by atoms with Gasteiger partial charge in [-0.3, -0.25) is 9.59 Å². The molecule has 1 N–H and O–H groups in total.